The maximum atomic E-state index is 6.25. The largest absolute Gasteiger partial charge is 0.329 e. The van der Waals surface area contributed by atoms with Crippen molar-refractivity contribution in [2.45, 2.75) is 63.8 Å². The van der Waals surface area contributed by atoms with Gasteiger partial charge in [-0.25, -0.2) is 0 Å². The molecule has 2 fully saturated rings. The second-order valence-electron chi connectivity index (χ2n) is 6.52. The third-order valence-corrected chi connectivity index (χ3v) is 5.21. The van der Waals surface area contributed by atoms with Gasteiger partial charge in [-0.1, -0.05) is 19.8 Å². The lowest BCUT2D eigenvalue weighted by Gasteiger charge is -2.43. The van der Waals surface area contributed by atoms with E-state index in [4.69, 9.17) is 5.73 Å². The van der Waals surface area contributed by atoms with Gasteiger partial charge in [-0.3, -0.25) is 4.90 Å². The van der Waals surface area contributed by atoms with Crippen molar-refractivity contribution in [1.82, 2.24) is 9.80 Å². The summed E-state index contributed by atoms with van der Waals surface area (Å²) in [6.45, 7) is 9.50. The quantitative estimate of drug-likeness (QED) is 0.849. The van der Waals surface area contributed by atoms with Gasteiger partial charge in [0.05, 0.1) is 0 Å². The lowest BCUT2D eigenvalue weighted by Crippen LogP contribution is -2.54. The summed E-state index contributed by atoms with van der Waals surface area (Å²) in [7, 11) is 0. The fourth-order valence-electron chi connectivity index (χ4n) is 3.97. The molecule has 2 N–H and O–H groups in total. The average Bonchev–Trinajstić information content (AvgIpc) is 2.81. The lowest BCUT2D eigenvalue weighted by atomic mass is 9.88. The van der Waals surface area contributed by atoms with Crippen LogP contribution in [0.2, 0.25) is 0 Å². The molecule has 2 aliphatic rings. The number of nitrogens with two attached hydrogens (primary N) is 1. The maximum Gasteiger partial charge on any atom is 0.0344 e. The van der Waals surface area contributed by atoms with E-state index in [0.29, 0.717) is 5.54 Å². The summed E-state index contributed by atoms with van der Waals surface area (Å²) in [5.74, 6) is 0. The Hall–Kier alpha value is -0.120. The van der Waals surface area contributed by atoms with Gasteiger partial charge in [0.1, 0.15) is 0 Å². The minimum atomic E-state index is 0.312. The Labute approximate surface area is 119 Å². The zero-order valence-electron chi connectivity index (χ0n) is 12.9. The van der Waals surface area contributed by atoms with Crippen LogP contribution in [0, 0.1) is 0 Å². The molecule has 3 nitrogen and oxygen atoms in total. The summed E-state index contributed by atoms with van der Waals surface area (Å²) in [5.41, 5.74) is 6.56. The molecule has 0 bridgehead atoms. The molecule has 3 heteroatoms. The summed E-state index contributed by atoms with van der Waals surface area (Å²) >= 11 is 0. The molecular formula is C16H33N3. The van der Waals surface area contributed by atoms with Crippen molar-refractivity contribution in [3.05, 3.63) is 0 Å². The minimum Gasteiger partial charge on any atom is -0.329 e. The fourth-order valence-corrected chi connectivity index (χ4v) is 3.97. The van der Waals surface area contributed by atoms with Crippen LogP contribution in [0.25, 0.3) is 0 Å². The van der Waals surface area contributed by atoms with E-state index in [1.165, 1.54) is 84.1 Å². The van der Waals surface area contributed by atoms with Crippen molar-refractivity contribution in [3.63, 3.8) is 0 Å². The molecule has 1 unspecified atom stereocenters. The van der Waals surface area contributed by atoms with Crippen molar-refractivity contribution < 1.29 is 0 Å². The smallest absolute Gasteiger partial charge is 0.0344 e. The number of rotatable bonds is 4. The summed E-state index contributed by atoms with van der Waals surface area (Å²) in [5, 5.41) is 0. The number of nitrogens with zero attached hydrogens (tertiary/aromatic N) is 2. The van der Waals surface area contributed by atoms with Crippen molar-refractivity contribution >= 4 is 0 Å². The van der Waals surface area contributed by atoms with Crippen LogP contribution >= 0.6 is 0 Å². The van der Waals surface area contributed by atoms with Gasteiger partial charge in [0, 0.05) is 12.1 Å². The van der Waals surface area contributed by atoms with Gasteiger partial charge >= 0.3 is 0 Å². The molecular weight excluding hydrogens is 234 g/mol. The SMILES string of the molecule is CCCN1CCCC(CN)(N2CCCCCC2)CC1. The van der Waals surface area contributed by atoms with Gasteiger partial charge < -0.3 is 10.6 Å². The highest BCUT2D eigenvalue weighted by Gasteiger charge is 2.36. The first-order chi connectivity index (χ1) is 9.30. The Balaban J connectivity index is 2.00. The zero-order valence-corrected chi connectivity index (χ0v) is 12.9. The molecule has 0 aromatic rings. The zero-order chi connectivity index (χ0) is 13.6. The van der Waals surface area contributed by atoms with Crippen LogP contribution in [0.3, 0.4) is 0 Å². The van der Waals surface area contributed by atoms with E-state index in [0.717, 1.165) is 6.54 Å². The summed E-state index contributed by atoms with van der Waals surface area (Å²) in [4.78, 5) is 5.41. The van der Waals surface area contributed by atoms with E-state index in [-0.39, 0.29) is 0 Å². The van der Waals surface area contributed by atoms with E-state index in [2.05, 4.69) is 16.7 Å². The Bertz CT molecular complexity index is 248. The minimum absolute atomic E-state index is 0.312. The van der Waals surface area contributed by atoms with Crippen molar-refractivity contribution in [1.29, 1.82) is 0 Å². The number of likely N-dealkylation sites (tertiary alicyclic amines) is 2. The van der Waals surface area contributed by atoms with Gasteiger partial charge in [-0.05, 0) is 71.2 Å². The first kappa shape index (κ1) is 15.3. The molecule has 112 valence electrons. The molecule has 1 atom stereocenters. The molecule has 2 rings (SSSR count). The van der Waals surface area contributed by atoms with E-state index < -0.39 is 0 Å². The molecule has 2 aliphatic heterocycles. The normalized spacial score (nSPS) is 31.9. The van der Waals surface area contributed by atoms with Gasteiger partial charge in [-0.15, -0.1) is 0 Å². The average molecular weight is 267 g/mol. The second-order valence-corrected chi connectivity index (χ2v) is 6.52. The fraction of sp³-hybridized carbons (Fsp3) is 1.00. The van der Waals surface area contributed by atoms with Gasteiger partial charge in [0.15, 0.2) is 0 Å². The summed E-state index contributed by atoms with van der Waals surface area (Å²) in [6, 6.07) is 0. The predicted octanol–water partition coefficient (Wildman–Crippen LogP) is 2.46. The van der Waals surface area contributed by atoms with Crippen LogP contribution in [0.1, 0.15) is 58.3 Å². The molecule has 2 saturated heterocycles. The Morgan fingerprint density at radius 3 is 2.26 bits per heavy atom. The molecule has 19 heavy (non-hydrogen) atoms. The second kappa shape index (κ2) is 7.61. The van der Waals surface area contributed by atoms with Crippen LogP contribution in [-0.4, -0.2) is 54.6 Å². The Kier molecular flexibility index (Phi) is 6.11. The van der Waals surface area contributed by atoms with E-state index in [1.807, 2.05) is 0 Å². The molecule has 0 aromatic heterocycles. The van der Waals surface area contributed by atoms with Crippen molar-refractivity contribution in [3.8, 4) is 0 Å². The first-order valence-electron chi connectivity index (χ1n) is 8.48. The Morgan fingerprint density at radius 2 is 1.63 bits per heavy atom. The highest BCUT2D eigenvalue weighted by Crippen LogP contribution is 2.30. The van der Waals surface area contributed by atoms with E-state index >= 15 is 0 Å². The molecule has 2 heterocycles. The van der Waals surface area contributed by atoms with Crippen LogP contribution in [0.15, 0.2) is 0 Å². The topological polar surface area (TPSA) is 32.5 Å². The molecule has 0 amide bonds. The standard InChI is InChI=1S/C16H33N3/c1-2-10-18-11-7-8-16(15-17,9-14-18)19-12-5-3-4-6-13-19/h2-15,17H2,1H3. The van der Waals surface area contributed by atoms with Gasteiger partial charge in [-0.2, -0.15) is 0 Å². The predicted molar refractivity (Wildman–Crippen MR) is 82.4 cm³/mol. The van der Waals surface area contributed by atoms with Crippen molar-refractivity contribution in [2.24, 2.45) is 5.73 Å². The summed E-state index contributed by atoms with van der Waals surface area (Å²) in [6.07, 6.45) is 10.8. The highest BCUT2D eigenvalue weighted by atomic mass is 15.2. The maximum absolute atomic E-state index is 6.25. The van der Waals surface area contributed by atoms with Crippen LogP contribution in [0.4, 0.5) is 0 Å². The third kappa shape index (κ3) is 3.93. The molecule has 0 aliphatic carbocycles. The Morgan fingerprint density at radius 1 is 0.895 bits per heavy atom. The van der Waals surface area contributed by atoms with Crippen LogP contribution in [0.5, 0.6) is 0 Å². The van der Waals surface area contributed by atoms with E-state index in [9.17, 15) is 0 Å². The monoisotopic (exact) mass is 267 g/mol. The number of hydrogen-bond donors (Lipinski definition) is 1. The molecule has 0 saturated carbocycles. The molecule has 0 aromatic carbocycles. The van der Waals surface area contributed by atoms with Crippen LogP contribution in [-0.2, 0) is 0 Å². The van der Waals surface area contributed by atoms with Crippen LogP contribution < -0.4 is 5.73 Å². The van der Waals surface area contributed by atoms with Gasteiger partial charge in [0.25, 0.3) is 0 Å². The molecule has 0 spiro atoms. The highest BCUT2D eigenvalue weighted by molar-refractivity contribution is 4.95. The molecule has 0 radical (unpaired) electrons. The van der Waals surface area contributed by atoms with E-state index in [1.54, 1.807) is 0 Å². The number of hydrogen-bond acceptors (Lipinski definition) is 3. The lowest BCUT2D eigenvalue weighted by molar-refractivity contribution is 0.0815. The van der Waals surface area contributed by atoms with Crippen molar-refractivity contribution in [2.75, 3.05) is 39.3 Å². The van der Waals surface area contributed by atoms with Gasteiger partial charge in [0.2, 0.25) is 0 Å². The first-order valence-corrected chi connectivity index (χ1v) is 8.48. The third-order valence-electron chi connectivity index (χ3n) is 5.21. The summed E-state index contributed by atoms with van der Waals surface area (Å²) < 4.78 is 0.